The summed E-state index contributed by atoms with van der Waals surface area (Å²) in [4.78, 5) is 5.47. The zero-order valence-electron chi connectivity index (χ0n) is 14.8. The van der Waals surface area contributed by atoms with E-state index in [4.69, 9.17) is 32.4 Å². The third kappa shape index (κ3) is 4.18. The van der Waals surface area contributed by atoms with Crippen LogP contribution in [-0.4, -0.2) is 28.4 Å². The standard InChI is InChI=1S/C18H20N6O4/c19-17(20)23-6-5-9-1-4-13-14(7-9)28-16(24-18(21)22)15(27-13)10-2-3-11(25)12(26)8-10/h1-8,15-16,25-26H,(H4,19,20,23)(H4,21,22,24)/p+2/b6-5+/t15-,16-/m1/s1. The molecular weight excluding hydrogens is 364 g/mol. The molecule has 2 aromatic rings. The monoisotopic (exact) mass is 386 g/mol. The predicted molar refractivity (Wildman–Crippen MR) is 102 cm³/mol. The number of phenols is 2. The average Bonchev–Trinajstić information content (AvgIpc) is 2.62. The SMILES string of the molecule is NC(N)=[NH+]/C=C/c1ccc2c(c1)O[C@@H]([NH+]=C(N)N)[C@@H](c1ccc(O)c(O)c1)O2. The van der Waals surface area contributed by atoms with Crippen LogP contribution in [0.25, 0.3) is 6.08 Å². The van der Waals surface area contributed by atoms with E-state index in [1.807, 2.05) is 6.07 Å². The Hall–Kier alpha value is -4.08. The molecule has 0 aliphatic carbocycles. The molecule has 146 valence electrons. The second-order valence-corrected chi connectivity index (χ2v) is 6.06. The van der Waals surface area contributed by atoms with Crippen molar-refractivity contribution in [2.24, 2.45) is 22.9 Å². The molecule has 1 aliphatic heterocycles. The van der Waals surface area contributed by atoms with Crippen molar-refractivity contribution >= 4 is 18.0 Å². The molecule has 0 radical (unpaired) electrons. The maximum absolute atomic E-state index is 9.80. The Balaban J connectivity index is 1.95. The van der Waals surface area contributed by atoms with E-state index in [0.29, 0.717) is 17.1 Å². The van der Waals surface area contributed by atoms with Gasteiger partial charge in [-0.2, -0.15) is 0 Å². The van der Waals surface area contributed by atoms with E-state index in [2.05, 4.69) is 9.98 Å². The van der Waals surface area contributed by atoms with Gasteiger partial charge in [-0.15, -0.1) is 0 Å². The molecular formula is C18H22N6O4+2. The summed E-state index contributed by atoms with van der Waals surface area (Å²) in [7, 11) is 0. The topological polar surface area (TPSA) is 191 Å². The first kappa shape index (κ1) is 18.7. The first-order valence-electron chi connectivity index (χ1n) is 8.28. The van der Waals surface area contributed by atoms with E-state index in [1.54, 1.807) is 30.5 Å². The van der Waals surface area contributed by atoms with Crippen molar-refractivity contribution < 1.29 is 29.7 Å². The third-order valence-corrected chi connectivity index (χ3v) is 3.91. The van der Waals surface area contributed by atoms with Crippen molar-refractivity contribution in [1.29, 1.82) is 0 Å². The van der Waals surface area contributed by atoms with Crippen LogP contribution in [0, 0.1) is 0 Å². The van der Waals surface area contributed by atoms with E-state index < -0.39 is 12.3 Å². The van der Waals surface area contributed by atoms with Crippen LogP contribution in [0.1, 0.15) is 17.2 Å². The van der Waals surface area contributed by atoms with E-state index in [0.717, 1.165) is 5.56 Å². The van der Waals surface area contributed by atoms with Gasteiger partial charge in [-0.05, 0) is 35.9 Å². The minimum atomic E-state index is -0.771. The summed E-state index contributed by atoms with van der Waals surface area (Å²) in [5, 5.41) is 19.3. The fourth-order valence-corrected chi connectivity index (χ4v) is 2.68. The molecule has 0 amide bonds. The molecule has 0 fully saturated rings. The van der Waals surface area contributed by atoms with Gasteiger partial charge in [-0.25, -0.2) is 4.99 Å². The van der Waals surface area contributed by atoms with Gasteiger partial charge in [-0.3, -0.25) is 27.9 Å². The van der Waals surface area contributed by atoms with E-state index >= 15 is 0 Å². The summed E-state index contributed by atoms with van der Waals surface area (Å²) in [6, 6.07) is 9.65. The highest BCUT2D eigenvalue weighted by Crippen LogP contribution is 2.40. The lowest BCUT2D eigenvalue weighted by atomic mass is 10.1. The maximum Gasteiger partial charge on any atom is 0.343 e. The molecule has 12 N–H and O–H groups in total. The summed E-state index contributed by atoms with van der Waals surface area (Å²) in [6.45, 7) is 0. The number of phenolic OH excluding ortho intramolecular Hbond substituents is 2. The summed E-state index contributed by atoms with van der Waals surface area (Å²) >= 11 is 0. The van der Waals surface area contributed by atoms with Gasteiger partial charge in [0.1, 0.15) is 0 Å². The number of rotatable bonds is 4. The van der Waals surface area contributed by atoms with Crippen LogP contribution < -0.4 is 42.4 Å². The summed E-state index contributed by atoms with van der Waals surface area (Å²) in [5.41, 5.74) is 23.2. The molecule has 1 heterocycles. The molecule has 0 bridgehead atoms. The lowest BCUT2D eigenvalue weighted by Gasteiger charge is -2.31. The van der Waals surface area contributed by atoms with Crippen molar-refractivity contribution in [3.05, 3.63) is 53.7 Å². The largest absolute Gasteiger partial charge is 0.504 e. The quantitative estimate of drug-likeness (QED) is 0.151. The molecule has 2 aromatic carbocycles. The second-order valence-electron chi connectivity index (χ2n) is 6.06. The Morgan fingerprint density at radius 1 is 0.893 bits per heavy atom. The summed E-state index contributed by atoms with van der Waals surface area (Å²) in [6.07, 6.45) is 1.88. The second kappa shape index (κ2) is 7.66. The highest BCUT2D eigenvalue weighted by Gasteiger charge is 2.34. The van der Waals surface area contributed by atoms with Crippen LogP contribution in [0.4, 0.5) is 0 Å². The van der Waals surface area contributed by atoms with Gasteiger partial charge in [0.15, 0.2) is 29.1 Å². The molecule has 28 heavy (non-hydrogen) atoms. The smallest absolute Gasteiger partial charge is 0.343 e. The van der Waals surface area contributed by atoms with Crippen molar-refractivity contribution in [1.82, 2.24) is 0 Å². The Bertz CT molecular complexity index is 965. The van der Waals surface area contributed by atoms with Crippen molar-refractivity contribution in [2.75, 3.05) is 0 Å². The Labute approximate surface area is 160 Å². The van der Waals surface area contributed by atoms with Crippen LogP contribution in [0.2, 0.25) is 0 Å². The Morgan fingerprint density at radius 2 is 1.68 bits per heavy atom. The zero-order chi connectivity index (χ0) is 20.3. The van der Waals surface area contributed by atoms with Crippen molar-refractivity contribution in [3.63, 3.8) is 0 Å². The van der Waals surface area contributed by atoms with Gasteiger partial charge in [0.2, 0.25) is 0 Å². The van der Waals surface area contributed by atoms with Gasteiger partial charge in [0.25, 0.3) is 6.23 Å². The average molecular weight is 386 g/mol. The number of hydrogen-bond acceptors (Lipinski definition) is 4. The normalized spacial score (nSPS) is 17.9. The van der Waals surface area contributed by atoms with E-state index in [-0.39, 0.29) is 23.4 Å². The maximum atomic E-state index is 9.80. The van der Waals surface area contributed by atoms with Crippen LogP contribution in [0.5, 0.6) is 23.0 Å². The van der Waals surface area contributed by atoms with E-state index in [1.165, 1.54) is 12.1 Å². The molecule has 2 atom stereocenters. The molecule has 3 rings (SSSR count). The van der Waals surface area contributed by atoms with Crippen molar-refractivity contribution in [3.8, 4) is 23.0 Å². The van der Waals surface area contributed by atoms with Crippen LogP contribution >= 0.6 is 0 Å². The molecule has 1 aliphatic rings. The molecule has 0 aromatic heterocycles. The number of ether oxygens (including phenoxy) is 2. The van der Waals surface area contributed by atoms with Gasteiger partial charge >= 0.3 is 11.9 Å². The highest BCUT2D eigenvalue weighted by molar-refractivity contribution is 5.70. The lowest BCUT2D eigenvalue weighted by Crippen LogP contribution is -2.87. The lowest BCUT2D eigenvalue weighted by molar-refractivity contribution is -0.565. The zero-order valence-corrected chi connectivity index (χ0v) is 14.8. The van der Waals surface area contributed by atoms with Crippen molar-refractivity contribution in [2.45, 2.75) is 12.3 Å². The molecule has 0 spiro atoms. The van der Waals surface area contributed by atoms with Gasteiger partial charge in [0.05, 0.1) is 6.20 Å². The fraction of sp³-hybridized carbons (Fsp3) is 0.111. The first-order valence-corrected chi connectivity index (χ1v) is 8.28. The van der Waals surface area contributed by atoms with Crippen LogP contribution in [0.15, 0.2) is 42.6 Å². The minimum absolute atomic E-state index is 0.0562. The van der Waals surface area contributed by atoms with Gasteiger partial charge in [0, 0.05) is 5.56 Å². The number of hydrogen-bond donors (Lipinski definition) is 8. The Kier molecular flexibility index (Phi) is 5.12. The van der Waals surface area contributed by atoms with Crippen LogP contribution in [-0.2, 0) is 0 Å². The van der Waals surface area contributed by atoms with Gasteiger partial charge in [-0.1, -0.05) is 12.1 Å². The van der Waals surface area contributed by atoms with Crippen LogP contribution in [0.3, 0.4) is 0 Å². The number of nitrogens with two attached hydrogens (primary N) is 4. The number of benzene rings is 2. The van der Waals surface area contributed by atoms with Gasteiger partial charge < -0.3 is 19.7 Å². The highest BCUT2D eigenvalue weighted by atomic mass is 16.6. The number of nitrogens with one attached hydrogen (secondary N) is 2. The number of guanidine groups is 2. The Morgan fingerprint density at radius 3 is 2.36 bits per heavy atom. The summed E-state index contributed by atoms with van der Waals surface area (Å²) in [5.74, 6) is 0.451. The number of fused-ring (bicyclic) bond motifs is 1. The minimum Gasteiger partial charge on any atom is -0.504 e. The fourth-order valence-electron chi connectivity index (χ4n) is 2.68. The summed E-state index contributed by atoms with van der Waals surface area (Å²) < 4.78 is 12.0. The molecule has 10 nitrogen and oxygen atoms in total. The molecule has 0 saturated heterocycles. The van der Waals surface area contributed by atoms with E-state index in [9.17, 15) is 10.2 Å². The molecule has 0 unspecified atom stereocenters. The third-order valence-electron chi connectivity index (χ3n) is 3.91. The number of aromatic hydroxyl groups is 2. The molecule has 10 heteroatoms. The predicted octanol–water partition coefficient (Wildman–Crippen LogP) is -3.38. The first-order chi connectivity index (χ1) is 13.3. The molecule has 0 saturated carbocycles.